The van der Waals surface area contributed by atoms with Crippen LogP contribution in [0.3, 0.4) is 0 Å². The number of carbonyl (C=O) groups excluding carboxylic acids is 1. The number of fused-ring (bicyclic) bond motifs is 1. The minimum atomic E-state index is -0.661. The van der Waals surface area contributed by atoms with E-state index in [4.69, 9.17) is 10.9 Å². The van der Waals surface area contributed by atoms with Gasteiger partial charge in [0.1, 0.15) is 0 Å². The maximum atomic E-state index is 12.1. The second kappa shape index (κ2) is 6.01. The van der Waals surface area contributed by atoms with Crippen LogP contribution in [0.25, 0.3) is 10.9 Å². The number of pyridine rings is 1. The van der Waals surface area contributed by atoms with Crippen LogP contribution in [0, 0.1) is 5.92 Å². The fraction of sp³-hybridized carbons (Fsp3) is 0.214. The molecular weight excluding hydrogens is 256 g/mol. The van der Waals surface area contributed by atoms with Crippen LogP contribution in [0.5, 0.6) is 0 Å². The fourth-order valence-corrected chi connectivity index (χ4v) is 1.97. The lowest BCUT2D eigenvalue weighted by molar-refractivity contribution is -0.118. The molecule has 4 N–H and O–H groups in total. The zero-order valence-electron chi connectivity index (χ0n) is 11.1. The number of nitrogens with zero attached hydrogens (tertiary/aromatic N) is 2. The van der Waals surface area contributed by atoms with Crippen molar-refractivity contribution in [2.45, 2.75) is 13.3 Å². The number of hydrogen-bond donors (Lipinski definition) is 3. The summed E-state index contributed by atoms with van der Waals surface area (Å²) in [4.78, 5) is 16.3. The molecule has 1 aromatic heterocycles. The lowest BCUT2D eigenvalue weighted by atomic mass is 10.0. The van der Waals surface area contributed by atoms with Gasteiger partial charge in [0.15, 0.2) is 5.84 Å². The maximum absolute atomic E-state index is 12.1. The number of para-hydroxylation sites is 1. The van der Waals surface area contributed by atoms with Crippen LogP contribution in [0.15, 0.2) is 41.7 Å². The highest BCUT2D eigenvalue weighted by molar-refractivity contribution is 6.08. The van der Waals surface area contributed by atoms with Crippen molar-refractivity contribution in [1.29, 1.82) is 0 Å². The third-order valence-corrected chi connectivity index (χ3v) is 3.06. The molecule has 0 aliphatic heterocycles. The van der Waals surface area contributed by atoms with Crippen molar-refractivity contribution in [2.75, 3.05) is 5.32 Å². The van der Waals surface area contributed by atoms with Crippen molar-refractivity contribution in [3.8, 4) is 0 Å². The first-order valence-corrected chi connectivity index (χ1v) is 6.28. The van der Waals surface area contributed by atoms with Gasteiger partial charge in [-0.2, -0.15) is 0 Å². The van der Waals surface area contributed by atoms with Gasteiger partial charge in [0, 0.05) is 5.39 Å². The fourth-order valence-electron chi connectivity index (χ4n) is 1.97. The summed E-state index contributed by atoms with van der Waals surface area (Å²) in [7, 11) is 0. The third kappa shape index (κ3) is 2.85. The molecule has 1 unspecified atom stereocenters. The van der Waals surface area contributed by atoms with E-state index in [1.807, 2.05) is 30.3 Å². The first-order valence-electron chi connectivity index (χ1n) is 6.28. The summed E-state index contributed by atoms with van der Waals surface area (Å²) in [5.41, 5.74) is 6.93. The van der Waals surface area contributed by atoms with E-state index in [9.17, 15) is 4.79 Å². The van der Waals surface area contributed by atoms with E-state index in [0.29, 0.717) is 12.1 Å². The molecule has 104 valence electrons. The van der Waals surface area contributed by atoms with Crippen molar-refractivity contribution >= 4 is 28.3 Å². The molecule has 0 aliphatic carbocycles. The van der Waals surface area contributed by atoms with Crippen LogP contribution in [0.4, 0.5) is 5.69 Å². The molecule has 20 heavy (non-hydrogen) atoms. The van der Waals surface area contributed by atoms with Gasteiger partial charge in [-0.15, -0.1) is 0 Å². The Morgan fingerprint density at radius 1 is 1.50 bits per heavy atom. The van der Waals surface area contributed by atoms with Gasteiger partial charge in [0.2, 0.25) is 5.91 Å². The number of nitrogens with one attached hydrogen (secondary N) is 1. The lowest BCUT2D eigenvalue weighted by Gasteiger charge is -2.13. The quantitative estimate of drug-likeness (QED) is 0.342. The molecule has 1 atom stereocenters. The topological polar surface area (TPSA) is 101 Å². The SMILES string of the molecule is CCC(C(=O)Nc1cnc2ccccc2c1)C(N)=NO. The highest BCUT2D eigenvalue weighted by Gasteiger charge is 2.21. The molecule has 0 bridgehead atoms. The minimum absolute atomic E-state index is 0.0984. The summed E-state index contributed by atoms with van der Waals surface area (Å²) in [5, 5.41) is 15.2. The number of amidine groups is 1. The number of hydrogen-bond acceptors (Lipinski definition) is 4. The van der Waals surface area contributed by atoms with E-state index in [0.717, 1.165) is 10.9 Å². The predicted molar refractivity (Wildman–Crippen MR) is 77.6 cm³/mol. The van der Waals surface area contributed by atoms with Gasteiger partial charge in [-0.05, 0) is 18.6 Å². The molecule has 0 aliphatic rings. The normalized spacial score (nSPS) is 13.2. The molecule has 0 saturated heterocycles. The second-order valence-electron chi connectivity index (χ2n) is 4.39. The summed E-state index contributed by atoms with van der Waals surface area (Å²) in [6.45, 7) is 1.79. The average molecular weight is 272 g/mol. The summed E-state index contributed by atoms with van der Waals surface area (Å²) in [6, 6.07) is 9.45. The van der Waals surface area contributed by atoms with E-state index in [2.05, 4.69) is 15.5 Å². The molecule has 0 radical (unpaired) electrons. The molecule has 6 heteroatoms. The largest absolute Gasteiger partial charge is 0.409 e. The number of benzene rings is 1. The van der Waals surface area contributed by atoms with Gasteiger partial charge < -0.3 is 16.3 Å². The average Bonchev–Trinajstić information content (AvgIpc) is 2.47. The summed E-state index contributed by atoms with van der Waals surface area (Å²) in [5.74, 6) is -1.08. The van der Waals surface area contributed by atoms with Crippen molar-refractivity contribution in [1.82, 2.24) is 4.98 Å². The van der Waals surface area contributed by atoms with Crippen molar-refractivity contribution in [3.05, 3.63) is 36.5 Å². The van der Waals surface area contributed by atoms with E-state index in [-0.39, 0.29) is 11.7 Å². The maximum Gasteiger partial charge on any atom is 0.235 e. The number of anilines is 1. The smallest absolute Gasteiger partial charge is 0.235 e. The van der Waals surface area contributed by atoms with Crippen LogP contribution >= 0.6 is 0 Å². The number of amides is 1. The Morgan fingerprint density at radius 3 is 2.95 bits per heavy atom. The molecule has 1 amide bonds. The Kier molecular flexibility index (Phi) is 4.14. The third-order valence-electron chi connectivity index (χ3n) is 3.06. The first kappa shape index (κ1) is 13.8. The lowest BCUT2D eigenvalue weighted by Crippen LogP contribution is -2.34. The van der Waals surface area contributed by atoms with Crippen molar-refractivity contribution < 1.29 is 10.0 Å². The summed E-state index contributed by atoms with van der Waals surface area (Å²) >= 11 is 0. The molecule has 2 aromatic rings. The molecule has 0 spiro atoms. The number of oxime groups is 1. The highest BCUT2D eigenvalue weighted by Crippen LogP contribution is 2.17. The van der Waals surface area contributed by atoms with E-state index in [1.54, 1.807) is 13.1 Å². The number of rotatable bonds is 4. The molecule has 1 aromatic carbocycles. The van der Waals surface area contributed by atoms with E-state index >= 15 is 0 Å². The second-order valence-corrected chi connectivity index (χ2v) is 4.39. The van der Waals surface area contributed by atoms with Crippen LogP contribution < -0.4 is 11.1 Å². The first-order chi connectivity index (χ1) is 9.65. The predicted octanol–water partition coefficient (Wildman–Crippen LogP) is 1.95. The highest BCUT2D eigenvalue weighted by atomic mass is 16.4. The van der Waals surface area contributed by atoms with Gasteiger partial charge in [0.05, 0.1) is 23.3 Å². The van der Waals surface area contributed by atoms with Crippen LogP contribution in [-0.4, -0.2) is 21.9 Å². The minimum Gasteiger partial charge on any atom is -0.409 e. The number of aromatic nitrogens is 1. The summed E-state index contributed by atoms with van der Waals surface area (Å²) in [6.07, 6.45) is 2.03. The van der Waals surface area contributed by atoms with Gasteiger partial charge in [0.25, 0.3) is 0 Å². The molecule has 1 heterocycles. The van der Waals surface area contributed by atoms with Crippen molar-refractivity contribution in [3.63, 3.8) is 0 Å². The van der Waals surface area contributed by atoms with Crippen LogP contribution in [0.1, 0.15) is 13.3 Å². The molecule has 0 fully saturated rings. The van der Waals surface area contributed by atoms with E-state index < -0.39 is 5.92 Å². The Labute approximate surface area is 116 Å². The molecule has 0 saturated carbocycles. The standard InChI is InChI=1S/C14H16N4O2/c1-2-11(13(15)18-20)14(19)17-10-7-9-5-3-4-6-12(9)16-8-10/h3-8,11,20H,2H2,1H3,(H2,15,18)(H,17,19). The van der Waals surface area contributed by atoms with Crippen LogP contribution in [0.2, 0.25) is 0 Å². The molecule has 2 rings (SSSR count). The summed E-state index contributed by atoms with van der Waals surface area (Å²) < 4.78 is 0. The monoisotopic (exact) mass is 272 g/mol. The van der Waals surface area contributed by atoms with Gasteiger partial charge in [-0.3, -0.25) is 9.78 Å². The zero-order valence-corrected chi connectivity index (χ0v) is 11.1. The zero-order chi connectivity index (χ0) is 14.5. The molecule has 6 nitrogen and oxygen atoms in total. The van der Waals surface area contributed by atoms with Gasteiger partial charge in [-0.1, -0.05) is 30.3 Å². The Bertz CT molecular complexity index is 654. The van der Waals surface area contributed by atoms with E-state index in [1.165, 1.54) is 0 Å². The van der Waals surface area contributed by atoms with Gasteiger partial charge in [-0.25, -0.2) is 0 Å². The number of nitrogens with two attached hydrogens (primary N) is 1. The van der Waals surface area contributed by atoms with Gasteiger partial charge >= 0.3 is 0 Å². The molecular formula is C14H16N4O2. The number of carbonyl (C=O) groups is 1. The Morgan fingerprint density at radius 2 is 2.25 bits per heavy atom. The Hall–Kier alpha value is -2.63. The van der Waals surface area contributed by atoms with Crippen LogP contribution in [-0.2, 0) is 4.79 Å². The van der Waals surface area contributed by atoms with Crippen molar-refractivity contribution in [2.24, 2.45) is 16.8 Å². The Balaban J connectivity index is 2.21.